The number of carbonyl (C=O) groups excluding carboxylic acids is 1. The van der Waals surface area contributed by atoms with Gasteiger partial charge < -0.3 is 10.0 Å². The van der Waals surface area contributed by atoms with Crippen molar-refractivity contribution < 1.29 is 14.7 Å². The van der Waals surface area contributed by atoms with Crippen LogP contribution in [0.15, 0.2) is 41.9 Å². The van der Waals surface area contributed by atoms with Gasteiger partial charge in [-0.1, -0.05) is 37.3 Å². The summed E-state index contributed by atoms with van der Waals surface area (Å²) in [5.41, 5.74) is 0.613. The highest BCUT2D eigenvalue weighted by Gasteiger charge is 2.20. The minimum absolute atomic E-state index is 0.0524. The van der Waals surface area contributed by atoms with E-state index in [0.717, 1.165) is 0 Å². The summed E-state index contributed by atoms with van der Waals surface area (Å²) in [6.07, 6.45) is 1.64. The molecule has 0 amide bonds. The monoisotopic (exact) mass is 304 g/mol. The van der Waals surface area contributed by atoms with Crippen molar-refractivity contribution >= 4 is 28.2 Å². The van der Waals surface area contributed by atoms with Crippen molar-refractivity contribution in [3.8, 4) is 0 Å². The number of hydrogen-bond acceptors (Lipinski definition) is 5. The number of hydrogen-bond donors (Lipinski definition) is 1. The van der Waals surface area contributed by atoms with Crippen LogP contribution in [0.2, 0.25) is 0 Å². The van der Waals surface area contributed by atoms with Crippen LogP contribution in [0.5, 0.6) is 0 Å². The minimum atomic E-state index is -0.885. The lowest BCUT2D eigenvalue weighted by Crippen LogP contribution is -2.36. The third-order valence-electron chi connectivity index (χ3n) is 3.04. The summed E-state index contributed by atoms with van der Waals surface area (Å²) < 4.78 is 0. The molecule has 0 saturated heterocycles. The smallest absolute Gasteiger partial charge is 0.308 e. The van der Waals surface area contributed by atoms with Crippen LogP contribution in [-0.4, -0.2) is 34.9 Å². The van der Waals surface area contributed by atoms with Crippen LogP contribution in [0.3, 0.4) is 0 Å². The van der Waals surface area contributed by atoms with Gasteiger partial charge in [0.25, 0.3) is 0 Å². The predicted molar refractivity (Wildman–Crippen MR) is 81.9 cm³/mol. The molecule has 1 atom stereocenters. The molecule has 1 N–H and O–H groups in total. The van der Waals surface area contributed by atoms with Crippen LogP contribution in [0.4, 0.5) is 5.13 Å². The molecule has 0 aliphatic rings. The zero-order chi connectivity index (χ0) is 15.2. The molecule has 0 aliphatic carbocycles. The normalized spacial score (nSPS) is 11.9. The van der Waals surface area contributed by atoms with Gasteiger partial charge in [0.2, 0.25) is 0 Å². The predicted octanol–water partition coefficient (Wildman–Crippen LogP) is 2.55. The molecule has 0 aliphatic heterocycles. The lowest BCUT2D eigenvalue weighted by atomic mass is 10.1. The van der Waals surface area contributed by atoms with Crippen LogP contribution in [-0.2, 0) is 4.79 Å². The molecule has 0 spiro atoms. The van der Waals surface area contributed by atoms with E-state index in [1.54, 1.807) is 47.7 Å². The summed E-state index contributed by atoms with van der Waals surface area (Å²) in [5, 5.41) is 11.5. The van der Waals surface area contributed by atoms with Crippen molar-refractivity contribution in [1.29, 1.82) is 0 Å². The average molecular weight is 304 g/mol. The molecule has 1 aromatic heterocycles. The Bertz CT molecular complexity index is 599. The van der Waals surface area contributed by atoms with Crippen molar-refractivity contribution in [2.75, 3.05) is 18.0 Å². The summed E-state index contributed by atoms with van der Waals surface area (Å²) in [5.74, 6) is -1.51. The second-order valence-electron chi connectivity index (χ2n) is 4.72. The molecule has 1 heterocycles. The Kier molecular flexibility index (Phi) is 5.05. The first kappa shape index (κ1) is 15.2. The molecule has 21 heavy (non-hydrogen) atoms. The van der Waals surface area contributed by atoms with E-state index < -0.39 is 11.9 Å². The number of carboxylic acids is 1. The van der Waals surface area contributed by atoms with Crippen molar-refractivity contribution in [2.45, 2.75) is 6.92 Å². The van der Waals surface area contributed by atoms with E-state index in [4.69, 9.17) is 5.11 Å². The first-order valence-electron chi connectivity index (χ1n) is 6.53. The van der Waals surface area contributed by atoms with Gasteiger partial charge in [0.1, 0.15) is 0 Å². The summed E-state index contributed by atoms with van der Waals surface area (Å²) in [4.78, 5) is 29.2. The topological polar surface area (TPSA) is 70.5 Å². The van der Waals surface area contributed by atoms with Gasteiger partial charge >= 0.3 is 5.97 Å². The Hall–Kier alpha value is -2.21. The number of carboxylic acid groups (broad SMARTS) is 1. The van der Waals surface area contributed by atoms with Crippen LogP contribution >= 0.6 is 11.3 Å². The van der Waals surface area contributed by atoms with E-state index in [0.29, 0.717) is 10.7 Å². The lowest BCUT2D eigenvalue weighted by Gasteiger charge is -2.23. The Balaban J connectivity index is 2.13. The zero-order valence-electron chi connectivity index (χ0n) is 11.6. The maximum Gasteiger partial charge on any atom is 0.308 e. The first-order chi connectivity index (χ1) is 10.1. The van der Waals surface area contributed by atoms with E-state index in [2.05, 4.69) is 4.98 Å². The van der Waals surface area contributed by atoms with Gasteiger partial charge in [0.05, 0.1) is 12.5 Å². The number of aromatic nitrogens is 1. The third kappa shape index (κ3) is 4.13. The van der Waals surface area contributed by atoms with Gasteiger partial charge in [-0.25, -0.2) is 4.98 Å². The Morgan fingerprint density at radius 2 is 2.05 bits per heavy atom. The number of thiazole rings is 1. The minimum Gasteiger partial charge on any atom is -0.481 e. The molecule has 5 nitrogen and oxygen atoms in total. The van der Waals surface area contributed by atoms with Gasteiger partial charge in [-0.15, -0.1) is 11.3 Å². The molecule has 110 valence electrons. The number of ketones is 1. The Morgan fingerprint density at radius 1 is 1.33 bits per heavy atom. The number of anilines is 1. The standard InChI is InChI=1S/C15H16N2O3S/c1-11(14(19)20)9-17(15-16-7-8-21-15)10-13(18)12-5-3-2-4-6-12/h2-8,11H,9-10H2,1H3,(H,19,20). The number of rotatable bonds is 7. The maximum absolute atomic E-state index is 12.3. The highest BCUT2D eigenvalue weighted by atomic mass is 32.1. The summed E-state index contributed by atoms with van der Waals surface area (Å²) in [7, 11) is 0. The number of aliphatic carboxylic acids is 1. The molecule has 0 saturated carbocycles. The fourth-order valence-electron chi connectivity index (χ4n) is 1.88. The molecule has 0 fully saturated rings. The second kappa shape index (κ2) is 6.99. The van der Waals surface area contributed by atoms with E-state index in [-0.39, 0.29) is 18.9 Å². The van der Waals surface area contributed by atoms with Gasteiger partial charge in [-0.3, -0.25) is 9.59 Å². The highest BCUT2D eigenvalue weighted by Crippen LogP contribution is 2.19. The SMILES string of the molecule is CC(CN(CC(=O)c1ccccc1)c1nccs1)C(=O)O. The number of nitrogens with zero attached hydrogens (tertiary/aromatic N) is 2. The van der Waals surface area contributed by atoms with Gasteiger partial charge in [-0.05, 0) is 0 Å². The van der Waals surface area contributed by atoms with E-state index >= 15 is 0 Å². The molecule has 1 unspecified atom stereocenters. The largest absolute Gasteiger partial charge is 0.481 e. The van der Waals surface area contributed by atoms with Crippen molar-refractivity contribution in [3.05, 3.63) is 47.5 Å². The number of Topliss-reactive ketones (excluding diaryl/α,β-unsaturated/α-hetero) is 1. The van der Waals surface area contributed by atoms with Gasteiger partial charge in [0, 0.05) is 23.7 Å². The van der Waals surface area contributed by atoms with Crippen LogP contribution in [0.25, 0.3) is 0 Å². The molecule has 2 rings (SSSR count). The molecule has 0 bridgehead atoms. The van der Waals surface area contributed by atoms with Gasteiger partial charge in [0.15, 0.2) is 10.9 Å². The van der Waals surface area contributed by atoms with Crippen LogP contribution < -0.4 is 4.90 Å². The number of benzene rings is 1. The molecule has 1 aromatic carbocycles. The highest BCUT2D eigenvalue weighted by molar-refractivity contribution is 7.13. The average Bonchev–Trinajstić information content (AvgIpc) is 3.01. The van der Waals surface area contributed by atoms with E-state index in [9.17, 15) is 9.59 Å². The molecule has 2 aromatic rings. The third-order valence-corrected chi connectivity index (χ3v) is 3.87. The van der Waals surface area contributed by atoms with Crippen LogP contribution in [0, 0.1) is 5.92 Å². The van der Waals surface area contributed by atoms with Crippen LogP contribution in [0.1, 0.15) is 17.3 Å². The first-order valence-corrected chi connectivity index (χ1v) is 7.41. The summed E-state index contributed by atoms with van der Waals surface area (Å²) >= 11 is 1.39. The van der Waals surface area contributed by atoms with E-state index in [1.807, 2.05) is 6.07 Å². The Labute approximate surface area is 126 Å². The lowest BCUT2D eigenvalue weighted by molar-refractivity contribution is -0.140. The van der Waals surface area contributed by atoms with E-state index in [1.165, 1.54) is 11.3 Å². The van der Waals surface area contributed by atoms with Crippen molar-refractivity contribution in [3.63, 3.8) is 0 Å². The molecule has 6 heteroatoms. The quantitative estimate of drug-likeness (QED) is 0.796. The second-order valence-corrected chi connectivity index (χ2v) is 5.60. The molecular formula is C15H16N2O3S. The summed E-state index contributed by atoms with van der Waals surface area (Å²) in [6.45, 7) is 1.99. The summed E-state index contributed by atoms with van der Waals surface area (Å²) in [6, 6.07) is 8.97. The molecular weight excluding hydrogens is 288 g/mol. The molecule has 0 radical (unpaired) electrons. The van der Waals surface area contributed by atoms with Crippen molar-refractivity contribution in [2.24, 2.45) is 5.92 Å². The zero-order valence-corrected chi connectivity index (χ0v) is 12.4. The fourth-order valence-corrected chi connectivity index (χ4v) is 2.53. The fraction of sp³-hybridized carbons (Fsp3) is 0.267. The number of carbonyl (C=O) groups is 2. The Morgan fingerprint density at radius 3 is 2.62 bits per heavy atom. The van der Waals surface area contributed by atoms with Gasteiger partial charge in [-0.2, -0.15) is 0 Å². The van der Waals surface area contributed by atoms with Crippen molar-refractivity contribution in [1.82, 2.24) is 4.98 Å². The maximum atomic E-state index is 12.3.